The Morgan fingerprint density at radius 2 is 2.18 bits per heavy atom. The average molecular weight is 324 g/mol. The largest absolute Gasteiger partial charge is 0.372 e. The molecule has 1 aliphatic heterocycles. The molecule has 0 amide bonds. The van der Waals surface area contributed by atoms with Gasteiger partial charge in [-0.2, -0.15) is 0 Å². The van der Waals surface area contributed by atoms with Crippen molar-refractivity contribution in [2.45, 2.75) is 32.1 Å². The molecule has 3 rings (SSSR count). The molecule has 4 nitrogen and oxygen atoms in total. The number of benzene rings is 1. The molecule has 2 aromatic rings. The third-order valence-electron chi connectivity index (χ3n) is 3.95. The van der Waals surface area contributed by atoms with E-state index in [4.69, 9.17) is 16.3 Å². The lowest BCUT2D eigenvalue weighted by molar-refractivity contribution is -0.00512. The van der Waals surface area contributed by atoms with Crippen LogP contribution in [-0.2, 0) is 17.9 Å². The molecule has 22 heavy (non-hydrogen) atoms. The molecule has 118 valence electrons. The summed E-state index contributed by atoms with van der Waals surface area (Å²) in [6.07, 6.45) is 5.76. The third kappa shape index (κ3) is 4.06. The maximum atomic E-state index is 13.5. The first-order valence-corrected chi connectivity index (χ1v) is 7.84. The molecule has 1 aliphatic rings. The van der Waals surface area contributed by atoms with Gasteiger partial charge in [-0.3, -0.25) is 4.90 Å². The Kier molecular flexibility index (Phi) is 5.08. The van der Waals surface area contributed by atoms with E-state index in [1.165, 1.54) is 6.07 Å². The summed E-state index contributed by atoms with van der Waals surface area (Å²) in [5.41, 5.74) is 1.89. The summed E-state index contributed by atoms with van der Waals surface area (Å²) in [6, 6.07) is 5.01. The van der Waals surface area contributed by atoms with E-state index < -0.39 is 0 Å². The minimum atomic E-state index is -0.351. The normalized spacial score (nSPS) is 17.0. The molecule has 1 saturated heterocycles. The average Bonchev–Trinajstić information content (AvgIpc) is 3.04. The van der Waals surface area contributed by atoms with E-state index in [0.29, 0.717) is 6.61 Å². The van der Waals surface area contributed by atoms with Crippen LogP contribution in [0.5, 0.6) is 0 Å². The lowest BCUT2D eigenvalue weighted by Gasteiger charge is -2.31. The Balaban J connectivity index is 1.44. The fourth-order valence-electron chi connectivity index (χ4n) is 2.70. The monoisotopic (exact) mass is 323 g/mol. The molecular weight excluding hydrogens is 305 g/mol. The number of likely N-dealkylation sites (tertiary alicyclic amines) is 1. The van der Waals surface area contributed by atoms with Crippen LogP contribution in [0.3, 0.4) is 0 Å². The Bertz CT molecular complexity index is 597. The van der Waals surface area contributed by atoms with Crippen LogP contribution in [0.25, 0.3) is 0 Å². The van der Waals surface area contributed by atoms with Crippen molar-refractivity contribution in [1.29, 1.82) is 0 Å². The molecular formula is C16H19ClFN3O. The van der Waals surface area contributed by atoms with Crippen molar-refractivity contribution in [3.63, 3.8) is 0 Å². The Morgan fingerprint density at radius 1 is 1.36 bits per heavy atom. The van der Waals surface area contributed by atoms with Gasteiger partial charge in [0.15, 0.2) is 0 Å². The van der Waals surface area contributed by atoms with Gasteiger partial charge in [0.2, 0.25) is 0 Å². The molecule has 2 heterocycles. The quantitative estimate of drug-likeness (QED) is 0.917. The zero-order valence-electron chi connectivity index (χ0n) is 12.3. The Labute approximate surface area is 134 Å². The van der Waals surface area contributed by atoms with Gasteiger partial charge in [0, 0.05) is 25.8 Å². The summed E-state index contributed by atoms with van der Waals surface area (Å²) < 4.78 is 19.3. The summed E-state index contributed by atoms with van der Waals surface area (Å²) in [7, 11) is 0. The number of rotatable bonds is 5. The standard InChI is InChI=1S/C16H19ClFN3O/c17-15-2-1-12(7-16(15)18)9-21-5-3-14(4-6-21)22-10-13-8-19-11-20-13/h1-2,7-8,11,14H,3-6,9-10H2,(H,19,20). The zero-order chi connectivity index (χ0) is 15.4. The number of ether oxygens (including phenoxy) is 1. The SMILES string of the molecule is Fc1cc(CN2CCC(OCc3c[nH]cn3)CC2)ccc1Cl. The number of H-pyrrole nitrogens is 1. The molecule has 6 heteroatoms. The molecule has 0 atom stereocenters. The van der Waals surface area contributed by atoms with Crippen molar-refractivity contribution in [3.8, 4) is 0 Å². The molecule has 0 spiro atoms. The first-order chi connectivity index (χ1) is 10.7. The fourth-order valence-corrected chi connectivity index (χ4v) is 2.82. The van der Waals surface area contributed by atoms with E-state index in [1.807, 2.05) is 12.3 Å². The number of nitrogens with one attached hydrogen (secondary N) is 1. The molecule has 0 aliphatic carbocycles. The maximum Gasteiger partial charge on any atom is 0.142 e. The molecule has 1 aromatic heterocycles. The van der Waals surface area contributed by atoms with Crippen molar-refractivity contribution in [2.75, 3.05) is 13.1 Å². The summed E-state index contributed by atoms with van der Waals surface area (Å²) >= 11 is 5.71. The van der Waals surface area contributed by atoms with Crippen LogP contribution >= 0.6 is 11.6 Å². The van der Waals surface area contributed by atoms with Crippen LogP contribution in [0, 0.1) is 5.82 Å². The number of piperidine rings is 1. The number of imidazole rings is 1. The van der Waals surface area contributed by atoms with Crippen LogP contribution in [0.2, 0.25) is 5.02 Å². The molecule has 1 aromatic carbocycles. The molecule has 0 saturated carbocycles. The van der Waals surface area contributed by atoms with Crippen LogP contribution < -0.4 is 0 Å². The van der Waals surface area contributed by atoms with Gasteiger partial charge < -0.3 is 9.72 Å². The Morgan fingerprint density at radius 3 is 2.86 bits per heavy atom. The molecule has 0 radical (unpaired) electrons. The number of hydrogen-bond donors (Lipinski definition) is 1. The second-order valence-corrected chi connectivity index (χ2v) is 6.00. The lowest BCUT2D eigenvalue weighted by atomic mass is 10.1. The van der Waals surface area contributed by atoms with Crippen LogP contribution in [0.15, 0.2) is 30.7 Å². The van der Waals surface area contributed by atoms with Gasteiger partial charge in [-0.1, -0.05) is 17.7 Å². The summed E-state index contributed by atoms with van der Waals surface area (Å²) in [5, 5.41) is 0.175. The predicted molar refractivity (Wildman–Crippen MR) is 83.1 cm³/mol. The van der Waals surface area contributed by atoms with Crippen molar-refractivity contribution in [3.05, 3.63) is 52.8 Å². The van der Waals surface area contributed by atoms with Gasteiger partial charge in [0.05, 0.1) is 29.8 Å². The fraction of sp³-hybridized carbons (Fsp3) is 0.438. The van der Waals surface area contributed by atoms with Crippen molar-refractivity contribution in [2.24, 2.45) is 0 Å². The molecule has 0 bridgehead atoms. The Hall–Kier alpha value is -1.43. The van der Waals surface area contributed by atoms with Crippen molar-refractivity contribution < 1.29 is 9.13 Å². The lowest BCUT2D eigenvalue weighted by Crippen LogP contribution is -2.36. The van der Waals surface area contributed by atoms with Crippen LogP contribution in [0.1, 0.15) is 24.1 Å². The summed E-state index contributed by atoms with van der Waals surface area (Å²) in [6.45, 7) is 3.21. The summed E-state index contributed by atoms with van der Waals surface area (Å²) in [4.78, 5) is 9.39. The summed E-state index contributed by atoms with van der Waals surface area (Å²) in [5.74, 6) is -0.351. The van der Waals surface area contributed by atoms with Crippen molar-refractivity contribution >= 4 is 11.6 Å². The topological polar surface area (TPSA) is 41.1 Å². The van der Waals surface area contributed by atoms with E-state index in [9.17, 15) is 4.39 Å². The van der Waals surface area contributed by atoms with E-state index in [0.717, 1.165) is 43.7 Å². The predicted octanol–water partition coefficient (Wildman–Crippen LogP) is 3.38. The van der Waals surface area contributed by atoms with Gasteiger partial charge in [-0.15, -0.1) is 0 Å². The van der Waals surface area contributed by atoms with Gasteiger partial charge in [0.25, 0.3) is 0 Å². The highest BCUT2D eigenvalue weighted by atomic mass is 35.5. The van der Waals surface area contributed by atoms with E-state index >= 15 is 0 Å². The van der Waals surface area contributed by atoms with E-state index in [-0.39, 0.29) is 16.9 Å². The first kappa shape index (κ1) is 15.5. The van der Waals surface area contributed by atoms with Gasteiger partial charge in [0.1, 0.15) is 5.82 Å². The minimum absolute atomic E-state index is 0.175. The smallest absolute Gasteiger partial charge is 0.142 e. The third-order valence-corrected chi connectivity index (χ3v) is 4.25. The van der Waals surface area contributed by atoms with Crippen molar-refractivity contribution in [1.82, 2.24) is 14.9 Å². The molecule has 1 N–H and O–H groups in total. The number of hydrogen-bond acceptors (Lipinski definition) is 3. The van der Waals surface area contributed by atoms with Gasteiger partial charge in [-0.25, -0.2) is 9.37 Å². The zero-order valence-corrected chi connectivity index (χ0v) is 13.0. The van der Waals surface area contributed by atoms with Crippen LogP contribution in [0.4, 0.5) is 4.39 Å². The van der Waals surface area contributed by atoms with E-state index in [1.54, 1.807) is 12.4 Å². The maximum absolute atomic E-state index is 13.5. The van der Waals surface area contributed by atoms with E-state index in [2.05, 4.69) is 14.9 Å². The highest BCUT2D eigenvalue weighted by Crippen LogP contribution is 2.20. The second-order valence-electron chi connectivity index (χ2n) is 5.60. The first-order valence-electron chi connectivity index (χ1n) is 7.46. The molecule has 1 fully saturated rings. The number of aromatic amines is 1. The highest BCUT2D eigenvalue weighted by molar-refractivity contribution is 6.30. The number of nitrogens with zero attached hydrogens (tertiary/aromatic N) is 2. The second kappa shape index (κ2) is 7.22. The number of halogens is 2. The number of aromatic nitrogens is 2. The minimum Gasteiger partial charge on any atom is -0.372 e. The molecule has 0 unspecified atom stereocenters. The van der Waals surface area contributed by atoms with Gasteiger partial charge in [-0.05, 0) is 30.5 Å². The van der Waals surface area contributed by atoms with Crippen LogP contribution in [-0.4, -0.2) is 34.1 Å². The van der Waals surface area contributed by atoms with Gasteiger partial charge >= 0.3 is 0 Å². The highest BCUT2D eigenvalue weighted by Gasteiger charge is 2.20.